The maximum atomic E-state index is 12.5. The van der Waals surface area contributed by atoms with Crippen molar-refractivity contribution in [3.05, 3.63) is 62.7 Å². The second kappa shape index (κ2) is 10.4. The average molecular weight is 443 g/mol. The molecule has 1 aromatic heterocycles. The van der Waals surface area contributed by atoms with Crippen LogP contribution in [0, 0.1) is 6.92 Å². The lowest BCUT2D eigenvalue weighted by Crippen LogP contribution is -2.37. The van der Waals surface area contributed by atoms with Gasteiger partial charge in [-0.25, -0.2) is 0 Å². The average Bonchev–Trinajstić information content (AvgIpc) is 3.34. The number of carbonyl (C=O) groups excluding carboxylic acids is 4. The largest absolute Gasteiger partial charge is 0.354 e. The first-order chi connectivity index (χ1) is 14.4. The molecule has 8 heteroatoms. The summed E-state index contributed by atoms with van der Waals surface area (Å²) in [5.74, 6) is -0.506. The highest BCUT2D eigenvalue weighted by atomic mass is 32.2. The second-order valence-corrected chi connectivity index (χ2v) is 8.79. The Kier molecular flexibility index (Phi) is 7.59. The zero-order valence-corrected chi connectivity index (χ0v) is 18.2. The van der Waals surface area contributed by atoms with Crippen molar-refractivity contribution in [3.8, 4) is 0 Å². The van der Waals surface area contributed by atoms with Crippen molar-refractivity contribution in [2.45, 2.75) is 26.2 Å². The number of aryl methyl sites for hydroxylation is 1. The van der Waals surface area contributed by atoms with Crippen LogP contribution in [0.2, 0.25) is 0 Å². The third-order valence-electron chi connectivity index (χ3n) is 4.51. The first-order valence-corrected chi connectivity index (χ1v) is 11.3. The molecule has 1 aliphatic heterocycles. The van der Waals surface area contributed by atoms with E-state index in [0.29, 0.717) is 22.6 Å². The monoisotopic (exact) mass is 442 g/mol. The Bertz CT molecular complexity index is 966. The van der Waals surface area contributed by atoms with Crippen molar-refractivity contribution in [2.24, 2.45) is 0 Å². The maximum Gasteiger partial charge on any atom is 0.293 e. The van der Waals surface area contributed by atoms with Crippen molar-refractivity contribution in [1.82, 2.24) is 10.2 Å². The van der Waals surface area contributed by atoms with Gasteiger partial charge in [0.05, 0.1) is 9.78 Å². The minimum absolute atomic E-state index is 0.0379. The molecule has 0 bridgehead atoms. The van der Waals surface area contributed by atoms with Crippen LogP contribution < -0.4 is 5.32 Å². The van der Waals surface area contributed by atoms with Crippen LogP contribution in [0.3, 0.4) is 0 Å². The van der Waals surface area contributed by atoms with Gasteiger partial charge < -0.3 is 5.32 Å². The number of imide groups is 1. The highest BCUT2D eigenvalue weighted by molar-refractivity contribution is 8.18. The van der Waals surface area contributed by atoms with E-state index in [-0.39, 0.29) is 42.3 Å². The summed E-state index contributed by atoms with van der Waals surface area (Å²) in [6.07, 6.45) is 2.71. The van der Waals surface area contributed by atoms with E-state index in [1.807, 2.05) is 42.6 Å². The molecule has 0 spiro atoms. The fraction of sp³-hybridized carbons (Fsp3) is 0.273. The summed E-state index contributed by atoms with van der Waals surface area (Å²) < 4.78 is 0. The van der Waals surface area contributed by atoms with Gasteiger partial charge in [0.1, 0.15) is 0 Å². The molecular weight excluding hydrogens is 420 g/mol. The zero-order valence-electron chi connectivity index (χ0n) is 16.6. The molecule has 0 saturated carbocycles. The van der Waals surface area contributed by atoms with Crippen LogP contribution in [-0.2, 0) is 9.59 Å². The minimum Gasteiger partial charge on any atom is -0.354 e. The quantitative estimate of drug-likeness (QED) is 0.463. The van der Waals surface area contributed by atoms with Crippen molar-refractivity contribution >= 4 is 52.0 Å². The van der Waals surface area contributed by atoms with Crippen LogP contribution in [0.25, 0.3) is 6.08 Å². The first-order valence-electron chi connectivity index (χ1n) is 9.59. The summed E-state index contributed by atoms with van der Waals surface area (Å²) in [5.41, 5.74) is 1.98. The third kappa shape index (κ3) is 5.90. The molecular formula is C22H22N2O4S2. The normalized spacial score (nSPS) is 15.1. The summed E-state index contributed by atoms with van der Waals surface area (Å²) in [6, 6.07) is 11.3. The molecule has 3 amide bonds. The number of rotatable bonds is 9. The summed E-state index contributed by atoms with van der Waals surface area (Å²) in [6.45, 7) is 2.29. The Labute approximate surface area is 183 Å². The van der Waals surface area contributed by atoms with Crippen molar-refractivity contribution in [2.75, 3.05) is 13.1 Å². The number of amides is 3. The number of hydrogen-bond acceptors (Lipinski definition) is 6. The fourth-order valence-electron chi connectivity index (χ4n) is 2.87. The molecule has 2 aromatic rings. The fourth-order valence-corrected chi connectivity index (χ4v) is 4.43. The number of hydrogen-bond donors (Lipinski definition) is 1. The SMILES string of the molecule is Cc1ccc(C=C2SC(=O)N(CCNC(=O)CCCC(=O)c3cccs3)C2=O)cc1. The van der Waals surface area contributed by atoms with Gasteiger partial charge in [-0.15, -0.1) is 11.3 Å². The number of nitrogens with zero attached hydrogens (tertiary/aromatic N) is 1. The van der Waals surface area contributed by atoms with Crippen LogP contribution in [0.1, 0.15) is 40.1 Å². The van der Waals surface area contributed by atoms with E-state index in [1.54, 1.807) is 12.1 Å². The Hall–Kier alpha value is -2.71. The van der Waals surface area contributed by atoms with Gasteiger partial charge in [-0.2, -0.15) is 0 Å². The molecule has 1 N–H and O–H groups in total. The highest BCUT2D eigenvalue weighted by Crippen LogP contribution is 2.31. The number of benzene rings is 1. The zero-order chi connectivity index (χ0) is 21.5. The molecule has 1 aliphatic rings. The van der Waals surface area contributed by atoms with Gasteiger partial charge in [0, 0.05) is 25.9 Å². The molecule has 0 unspecified atom stereocenters. The Morgan fingerprint density at radius 2 is 1.87 bits per heavy atom. The van der Waals surface area contributed by atoms with E-state index in [2.05, 4.69) is 5.32 Å². The van der Waals surface area contributed by atoms with E-state index in [0.717, 1.165) is 27.8 Å². The van der Waals surface area contributed by atoms with Crippen molar-refractivity contribution in [1.29, 1.82) is 0 Å². The summed E-state index contributed by atoms with van der Waals surface area (Å²) in [5, 5.41) is 4.22. The molecule has 156 valence electrons. The van der Waals surface area contributed by atoms with Crippen LogP contribution in [0.15, 0.2) is 46.7 Å². The van der Waals surface area contributed by atoms with E-state index in [4.69, 9.17) is 0 Å². The molecule has 30 heavy (non-hydrogen) atoms. The molecule has 0 radical (unpaired) electrons. The number of ketones is 1. The lowest BCUT2D eigenvalue weighted by atomic mass is 10.1. The number of thioether (sulfide) groups is 1. The maximum absolute atomic E-state index is 12.5. The van der Waals surface area contributed by atoms with E-state index in [1.165, 1.54) is 11.3 Å². The topological polar surface area (TPSA) is 83.6 Å². The standard InChI is InChI=1S/C22H22N2O4S2/c1-15-7-9-16(10-8-15)14-19-21(27)24(22(28)30-19)12-11-23-20(26)6-2-4-17(25)18-5-3-13-29-18/h3,5,7-10,13-14H,2,4,6,11-12H2,1H3,(H,23,26). The van der Waals surface area contributed by atoms with Crippen LogP contribution >= 0.6 is 23.1 Å². The van der Waals surface area contributed by atoms with Crippen molar-refractivity contribution in [3.63, 3.8) is 0 Å². The van der Waals surface area contributed by atoms with Gasteiger partial charge >= 0.3 is 0 Å². The number of nitrogens with one attached hydrogen (secondary N) is 1. The molecule has 0 atom stereocenters. The lowest BCUT2D eigenvalue weighted by Gasteiger charge is -2.13. The lowest BCUT2D eigenvalue weighted by molar-refractivity contribution is -0.124. The number of Topliss-reactive ketones (excluding diaryl/α,β-unsaturated/α-hetero) is 1. The van der Waals surface area contributed by atoms with Gasteiger partial charge in [-0.1, -0.05) is 35.9 Å². The van der Waals surface area contributed by atoms with E-state index < -0.39 is 0 Å². The van der Waals surface area contributed by atoms with Crippen LogP contribution in [0.4, 0.5) is 4.79 Å². The molecule has 1 saturated heterocycles. The Morgan fingerprint density at radius 1 is 1.10 bits per heavy atom. The molecule has 0 aliphatic carbocycles. The van der Waals surface area contributed by atoms with Crippen LogP contribution in [0.5, 0.6) is 0 Å². The highest BCUT2D eigenvalue weighted by Gasteiger charge is 2.34. The number of thiophene rings is 1. The van der Waals surface area contributed by atoms with E-state index >= 15 is 0 Å². The summed E-state index contributed by atoms with van der Waals surface area (Å²) in [4.78, 5) is 50.7. The predicted molar refractivity (Wildman–Crippen MR) is 119 cm³/mol. The molecule has 1 aromatic carbocycles. The summed E-state index contributed by atoms with van der Waals surface area (Å²) in [7, 11) is 0. The third-order valence-corrected chi connectivity index (χ3v) is 6.33. The predicted octanol–water partition coefficient (Wildman–Crippen LogP) is 4.26. The van der Waals surface area contributed by atoms with E-state index in [9.17, 15) is 19.2 Å². The molecule has 6 nitrogen and oxygen atoms in total. The first kappa shape index (κ1) is 22.0. The van der Waals surface area contributed by atoms with Gasteiger partial charge in [0.15, 0.2) is 5.78 Å². The molecule has 3 rings (SSSR count). The smallest absolute Gasteiger partial charge is 0.293 e. The van der Waals surface area contributed by atoms with Gasteiger partial charge in [0.25, 0.3) is 11.1 Å². The molecule has 1 fully saturated rings. The Balaban J connectivity index is 1.41. The van der Waals surface area contributed by atoms with Gasteiger partial charge in [-0.3, -0.25) is 24.1 Å². The minimum atomic E-state index is -0.346. The van der Waals surface area contributed by atoms with Crippen molar-refractivity contribution < 1.29 is 19.2 Å². The Morgan fingerprint density at radius 3 is 2.57 bits per heavy atom. The summed E-state index contributed by atoms with van der Waals surface area (Å²) >= 11 is 2.30. The van der Waals surface area contributed by atoms with Gasteiger partial charge in [-0.05, 0) is 48.2 Å². The number of carbonyl (C=O) groups is 4. The van der Waals surface area contributed by atoms with Gasteiger partial charge in [0.2, 0.25) is 5.91 Å². The van der Waals surface area contributed by atoms with Crippen LogP contribution in [-0.4, -0.2) is 40.8 Å². The second-order valence-electron chi connectivity index (χ2n) is 6.85. The molecule has 2 heterocycles.